The molecular formula is C20H22N6O3. The van der Waals surface area contributed by atoms with Crippen LogP contribution in [0.5, 0.6) is 0 Å². The van der Waals surface area contributed by atoms with Gasteiger partial charge in [-0.05, 0) is 49.3 Å². The summed E-state index contributed by atoms with van der Waals surface area (Å²) in [5, 5.41) is 10.7. The van der Waals surface area contributed by atoms with E-state index < -0.39 is 0 Å². The summed E-state index contributed by atoms with van der Waals surface area (Å²) in [5.74, 6) is -0.00262. The van der Waals surface area contributed by atoms with Crippen LogP contribution in [0.3, 0.4) is 0 Å². The van der Waals surface area contributed by atoms with Crippen molar-refractivity contribution in [3.05, 3.63) is 42.2 Å². The van der Waals surface area contributed by atoms with E-state index in [-0.39, 0.29) is 29.8 Å². The molecule has 1 saturated heterocycles. The fraction of sp³-hybridized carbons (Fsp3) is 0.400. The third kappa shape index (κ3) is 3.43. The van der Waals surface area contributed by atoms with Crippen molar-refractivity contribution < 1.29 is 14.1 Å². The largest absolute Gasteiger partial charge is 0.350 e. The van der Waals surface area contributed by atoms with E-state index in [1.807, 2.05) is 42.1 Å². The molecule has 1 unspecified atom stereocenters. The molecule has 9 heteroatoms. The quantitative estimate of drug-likeness (QED) is 0.708. The predicted molar refractivity (Wildman–Crippen MR) is 105 cm³/mol. The van der Waals surface area contributed by atoms with E-state index in [4.69, 9.17) is 4.52 Å². The van der Waals surface area contributed by atoms with Crippen LogP contribution in [0.25, 0.3) is 10.9 Å². The molecule has 1 aliphatic heterocycles. The number of amides is 3. The number of likely N-dealkylation sites (tertiary alicyclic amines) is 1. The van der Waals surface area contributed by atoms with Gasteiger partial charge in [0.05, 0.1) is 0 Å². The number of nitrogens with one attached hydrogen (secondary N) is 2. The van der Waals surface area contributed by atoms with E-state index in [1.165, 1.54) is 0 Å². The Morgan fingerprint density at radius 1 is 1.21 bits per heavy atom. The lowest BCUT2D eigenvalue weighted by Crippen LogP contribution is -2.34. The highest BCUT2D eigenvalue weighted by Gasteiger charge is 2.35. The van der Waals surface area contributed by atoms with Gasteiger partial charge in [0.25, 0.3) is 11.7 Å². The lowest BCUT2D eigenvalue weighted by atomic mass is 10.2. The van der Waals surface area contributed by atoms with E-state index in [0.717, 1.165) is 42.3 Å². The highest BCUT2D eigenvalue weighted by molar-refractivity contribution is 5.93. The summed E-state index contributed by atoms with van der Waals surface area (Å²) in [5.41, 5.74) is 1.77. The molecule has 2 aliphatic rings. The van der Waals surface area contributed by atoms with Crippen molar-refractivity contribution in [2.45, 2.75) is 37.8 Å². The van der Waals surface area contributed by atoms with Gasteiger partial charge in [0.15, 0.2) is 0 Å². The molecule has 0 radical (unpaired) electrons. The smallest absolute Gasteiger partial charge is 0.322 e. The van der Waals surface area contributed by atoms with Gasteiger partial charge in [-0.25, -0.2) is 4.79 Å². The normalized spacial score (nSPS) is 18.9. The first kappa shape index (κ1) is 17.7. The van der Waals surface area contributed by atoms with Gasteiger partial charge in [-0.15, -0.1) is 0 Å². The van der Waals surface area contributed by atoms with Crippen LogP contribution >= 0.6 is 0 Å². The molecule has 1 atom stereocenters. The summed E-state index contributed by atoms with van der Waals surface area (Å²) in [7, 11) is 1.97. The predicted octanol–water partition coefficient (Wildman–Crippen LogP) is 2.82. The van der Waals surface area contributed by atoms with E-state index in [2.05, 4.69) is 20.8 Å². The maximum atomic E-state index is 12.9. The molecule has 0 bridgehead atoms. The number of carbonyl (C=O) groups excluding carboxylic acids is 2. The molecule has 0 spiro atoms. The molecule has 3 amide bonds. The fourth-order valence-corrected chi connectivity index (χ4v) is 3.74. The second-order valence-electron chi connectivity index (χ2n) is 7.69. The zero-order valence-corrected chi connectivity index (χ0v) is 16.1. The Labute approximate surface area is 167 Å². The Morgan fingerprint density at radius 2 is 2.07 bits per heavy atom. The number of nitrogens with zero attached hydrogens (tertiary/aromatic N) is 4. The Hall–Kier alpha value is -3.36. The first-order chi connectivity index (χ1) is 14.1. The minimum absolute atomic E-state index is 0.0216. The molecule has 2 N–H and O–H groups in total. The van der Waals surface area contributed by atoms with Gasteiger partial charge in [0, 0.05) is 37.0 Å². The maximum Gasteiger partial charge on any atom is 0.322 e. The second-order valence-corrected chi connectivity index (χ2v) is 7.69. The molecular weight excluding hydrogens is 372 g/mol. The lowest BCUT2D eigenvalue weighted by Gasteiger charge is -2.22. The number of fused-ring (bicyclic) bond motifs is 1. The molecule has 5 rings (SSSR count). The third-order valence-corrected chi connectivity index (χ3v) is 5.50. The van der Waals surface area contributed by atoms with Crippen molar-refractivity contribution in [2.75, 3.05) is 11.9 Å². The molecule has 2 aromatic heterocycles. The summed E-state index contributed by atoms with van der Waals surface area (Å²) < 4.78 is 7.33. The molecule has 3 aromatic rings. The molecule has 9 nitrogen and oxygen atoms in total. The topological polar surface area (TPSA) is 105 Å². The number of hydrogen-bond acceptors (Lipinski definition) is 5. The van der Waals surface area contributed by atoms with Gasteiger partial charge in [0.1, 0.15) is 6.04 Å². The highest BCUT2D eigenvalue weighted by Crippen LogP contribution is 2.32. The number of aromatic nitrogens is 3. The number of rotatable bonds is 4. The monoisotopic (exact) mass is 394 g/mol. The van der Waals surface area contributed by atoms with Crippen molar-refractivity contribution in [2.24, 2.45) is 7.05 Å². The van der Waals surface area contributed by atoms with Gasteiger partial charge < -0.3 is 24.6 Å². The van der Waals surface area contributed by atoms with Crippen molar-refractivity contribution in [3.63, 3.8) is 0 Å². The van der Waals surface area contributed by atoms with Gasteiger partial charge in [-0.1, -0.05) is 11.2 Å². The SMILES string of the molecule is Cn1ccc2ccc(NC(=O)N3CCCC3c3nc(C(=O)NC4CC4)no3)cc21. The van der Waals surface area contributed by atoms with Gasteiger partial charge in [-0.2, -0.15) is 4.98 Å². The van der Waals surface area contributed by atoms with E-state index in [9.17, 15) is 9.59 Å². The Balaban J connectivity index is 1.30. The third-order valence-electron chi connectivity index (χ3n) is 5.50. The zero-order chi connectivity index (χ0) is 20.0. The van der Waals surface area contributed by atoms with Crippen LogP contribution in [0.15, 0.2) is 35.0 Å². The summed E-state index contributed by atoms with van der Waals surface area (Å²) >= 11 is 0. The summed E-state index contributed by atoms with van der Waals surface area (Å²) in [6.45, 7) is 0.592. The van der Waals surface area contributed by atoms with E-state index >= 15 is 0 Å². The maximum absolute atomic E-state index is 12.9. The van der Waals surface area contributed by atoms with Crippen molar-refractivity contribution in [3.8, 4) is 0 Å². The molecule has 1 aliphatic carbocycles. The number of urea groups is 1. The molecule has 2 fully saturated rings. The van der Waals surface area contributed by atoms with Crippen LogP contribution in [0.1, 0.15) is 48.2 Å². The first-order valence-corrected chi connectivity index (χ1v) is 9.85. The number of benzene rings is 1. The molecule has 1 saturated carbocycles. The number of anilines is 1. The minimum Gasteiger partial charge on any atom is -0.350 e. The standard InChI is InChI=1S/C20H22N6O3/c1-25-10-8-12-4-5-14(11-16(12)25)22-20(28)26-9-2-3-15(26)19-23-17(24-29-19)18(27)21-13-6-7-13/h4-5,8,10-11,13,15H,2-3,6-7,9H2,1H3,(H,21,27)(H,22,28). The zero-order valence-electron chi connectivity index (χ0n) is 16.1. The van der Waals surface area contributed by atoms with Crippen molar-refractivity contribution >= 4 is 28.5 Å². The Morgan fingerprint density at radius 3 is 2.90 bits per heavy atom. The number of hydrogen-bond donors (Lipinski definition) is 2. The highest BCUT2D eigenvalue weighted by atomic mass is 16.5. The van der Waals surface area contributed by atoms with Crippen molar-refractivity contribution in [1.29, 1.82) is 0 Å². The summed E-state index contributed by atoms with van der Waals surface area (Å²) in [6.07, 6.45) is 5.51. The Kier molecular flexibility index (Phi) is 4.22. The van der Waals surface area contributed by atoms with Gasteiger partial charge in [-0.3, -0.25) is 4.79 Å². The van der Waals surface area contributed by atoms with E-state index in [1.54, 1.807) is 4.90 Å². The summed E-state index contributed by atoms with van der Waals surface area (Å²) in [6, 6.07) is 7.52. The molecule has 3 heterocycles. The van der Waals surface area contributed by atoms with Crippen LogP contribution < -0.4 is 10.6 Å². The van der Waals surface area contributed by atoms with Crippen LogP contribution in [-0.2, 0) is 7.05 Å². The fourth-order valence-electron chi connectivity index (χ4n) is 3.74. The van der Waals surface area contributed by atoms with Crippen LogP contribution in [-0.4, -0.2) is 44.1 Å². The molecule has 1 aromatic carbocycles. The minimum atomic E-state index is -0.330. The summed E-state index contributed by atoms with van der Waals surface area (Å²) in [4.78, 5) is 30.9. The van der Waals surface area contributed by atoms with Gasteiger partial charge >= 0.3 is 6.03 Å². The van der Waals surface area contributed by atoms with Crippen LogP contribution in [0.4, 0.5) is 10.5 Å². The van der Waals surface area contributed by atoms with Crippen molar-refractivity contribution in [1.82, 2.24) is 24.9 Å². The van der Waals surface area contributed by atoms with Gasteiger partial charge in [0.2, 0.25) is 5.89 Å². The van der Waals surface area contributed by atoms with E-state index in [0.29, 0.717) is 12.4 Å². The average molecular weight is 394 g/mol. The van der Waals surface area contributed by atoms with Crippen LogP contribution in [0.2, 0.25) is 0 Å². The average Bonchev–Trinajstić information content (AvgIpc) is 3.13. The Bertz CT molecular complexity index is 1080. The number of carbonyl (C=O) groups is 2. The first-order valence-electron chi connectivity index (χ1n) is 9.85. The van der Waals surface area contributed by atoms with Crippen LogP contribution in [0, 0.1) is 0 Å². The molecule has 150 valence electrons. The number of aryl methyl sites for hydroxylation is 1. The molecule has 29 heavy (non-hydrogen) atoms. The second kappa shape index (κ2) is 6.91. The lowest BCUT2D eigenvalue weighted by molar-refractivity contribution is 0.0937.